The summed E-state index contributed by atoms with van der Waals surface area (Å²) in [6, 6.07) is 13.7. The number of amides is 2. The molecule has 0 aliphatic carbocycles. The second-order valence-electron chi connectivity index (χ2n) is 7.42. The number of hydrogen-bond acceptors (Lipinski definition) is 4. The van der Waals surface area contributed by atoms with Crippen molar-refractivity contribution in [2.24, 2.45) is 5.92 Å². The maximum absolute atomic E-state index is 14.1. The van der Waals surface area contributed by atoms with Crippen molar-refractivity contribution >= 4 is 33.7 Å². The van der Waals surface area contributed by atoms with E-state index in [2.05, 4.69) is 10.3 Å². The molecule has 1 aliphatic rings. The molecule has 2 heterocycles. The van der Waals surface area contributed by atoms with Crippen LogP contribution in [-0.4, -0.2) is 21.4 Å². The van der Waals surface area contributed by atoms with E-state index in [0.717, 1.165) is 17.1 Å². The van der Waals surface area contributed by atoms with Gasteiger partial charge in [-0.05, 0) is 35.1 Å². The van der Waals surface area contributed by atoms with Crippen LogP contribution in [0.1, 0.15) is 25.3 Å². The van der Waals surface area contributed by atoms with Gasteiger partial charge in [0.05, 0.1) is 0 Å². The minimum Gasteiger partial charge on any atom is -0.322 e. The van der Waals surface area contributed by atoms with Crippen LogP contribution in [0, 0.1) is 11.7 Å². The number of thioether (sulfide) groups is 1. The summed E-state index contributed by atoms with van der Waals surface area (Å²) in [5.74, 6) is -1.12. The summed E-state index contributed by atoms with van der Waals surface area (Å²) >= 11 is 0.923. The van der Waals surface area contributed by atoms with Crippen molar-refractivity contribution in [3.8, 4) is 11.3 Å². The Morgan fingerprint density at radius 3 is 2.48 bits per heavy atom. The van der Waals surface area contributed by atoms with E-state index in [-0.39, 0.29) is 23.2 Å². The number of hydrogen-bond donors (Lipinski definition) is 2. The van der Waals surface area contributed by atoms with Gasteiger partial charge in [-0.25, -0.2) is 4.39 Å². The Balaban J connectivity index is 1.74. The van der Waals surface area contributed by atoms with Gasteiger partial charge in [-0.1, -0.05) is 55.9 Å². The Hall–Kier alpha value is -2.93. The number of fused-ring (bicyclic) bond motifs is 1. The molecule has 3 aromatic rings. The molecule has 2 amide bonds. The van der Waals surface area contributed by atoms with E-state index in [0.29, 0.717) is 22.2 Å². The molecule has 0 bridgehead atoms. The van der Waals surface area contributed by atoms with Crippen LogP contribution in [0.4, 0.5) is 9.18 Å². The van der Waals surface area contributed by atoms with Gasteiger partial charge in [-0.15, -0.1) is 0 Å². The number of aromatic nitrogens is 1. The molecule has 2 N–H and O–H groups in total. The molecule has 1 aliphatic heterocycles. The average Bonchev–Trinajstić information content (AvgIpc) is 3.01. The van der Waals surface area contributed by atoms with Gasteiger partial charge in [-0.2, -0.15) is 0 Å². The zero-order chi connectivity index (χ0) is 20.7. The summed E-state index contributed by atoms with van der Waals surface area (Å²) in [7, 11) is 0. The predicted octanol–water partition coefficient (Wildman–Crippen LogP) is 4.43. The van der Waals surface area contributed by atoms with Gasteiger partial charge < -0.3 is 4.98 Å². The van der Waals surface area contributed by atoms with E-state index in [1.165, 1.54) is 6.07 Å². The second kappa shape index (κ2) is 7.48. The number of nitrogens with one attached hydrogen (secondary N) is 2. The highest BCUT2D eigenvalue weighted by molar-refractivity contribution is 8.15. The molecule has 29 heavy (non-hydrogen) atoms. The Morgan fingerprint density at radius 1 is 1.03 bits per heavy atom. The van der Waals surface area contributed by atoms with E-state index < -0.39 is 16.4 Å². The maximum Gasteiger partial charge on any atom is 0.286 e. The molecular formula is C22H19FN2O3S. The number of rotatable bonds is 4. The third-order valence-electron chi connectivity index (χ3n) is 5.20. The van der Waals surface area contributed by atoms with Crippen LogP contribution in [0.15, 0.2) is 53.3 Å². The lowest BCUT2D eigenvalue weighted by atomic mass is 9.85. The smallest absolute Gasteiger partial charge is 0.286 e. The van der Waals surface area contributed by atoms with Crippen LogP contribution < -0.4 is 10.9 Å². The lowest BCUT2D eigenvalue weighted by Gasteiger charge is -2.24. The molecule has 0 radical (unpaired) electrons. The van der Waals surface area contributed by atoms with Crippen molar-refractivity contribution in [1.29, 1.82) is 0 Å². The molecular weight excluding hydrogens is 391 g/mol. The molecule has 1 fully saturated rings. The van der Waals surface area contributed by atoms with E-state index in [1.807, 2.05) is 32.0 Å². The van der Waals surface area contributed by atoms with Gasteiger partial charge in [0.15, 0.2) is 0 Å². The molecule has 2 unspecified atom stereocenters. The van der Waals surface area contributed by atoms with Gasteiger partial charge in [0.2, 0.25) is 5.91 Å². The summed E-state index contributed by atoms with van der Waals surface area (Å²) in [6.07, 6.45) is 0. The summed E-state index contributed by atoms with van der Waals surface area (Å²) in [6.45, 7) is 3.83. The molecule has 0 saturated carbocycles. The van der Waals surface area contributed by atoms with Gasteiger partial charge >= 0.3 is 0 Å². The number of carbonyl (C=O) groups is 2. The Labute approximate surface area is 170 Å². The lowest BCUT2D eigenvalue weighted by Crippen LogP contribution is -2.33. The van der Waals surface area contributed by atoms with Crippen molar-refractivity contribution in [1.82, 2.24) is 10.3 Å². The first-order valence-electron chi connectivity index (χ1n) is 9.28. The van der Waals surface area contributed by atoms with Crippen LogP contribution >= 0.6 is 11.8 Å². The molecule has 4 rings (SSSR count). The summed E-state index contributed by atoms with van der Waals surface area (Å²) in [5.41, 5.74) is 1.39. The largest absolute Gasteiger partial charge is 0.322 e. The molecule has 5 nitrogen and oxygen atoms in total. The molecule has 2 aromatic carbocycles. The summed E-state index contributed by atoms with van der Waals surface area (Å²) in [5, 5.41) is 2.52. The fourth-order valence-corrected chi connectivity index (χ4v) is 4.96. The van der Waals surface area contributed by atoms with Gasteiger partial charge in [0, 0.05) is 22.6 Å². The van der Waals surface area contributed by atoms with E-state index >= 15 is 0 Å². The van der Waals surface area contributed by atoms with Crippen molar-refractivity contribution in [2.75, 3.05) is 0 Å². The third kappa shape index (κ3) is 3.58. The van der Waals surface area contributed by atoms with Crippen LogP contribution in [-0.2, 0) is 4.79 Å². The first-order valence-corrected chi connectivity index (χ1v) is 10.2. The normalized spacial score (nSPS) is 17.7. The van der Waals surface area contributed by atoms with Crippen molar-refractivity contribution in [3.05, 3.63) is 70.3 Å². The maximum atomic E-state index is 14.1. The monoisotopic (exact) mass is 410 g/mol. The standard InChI is InChI=1S/C22H19FN2O3S/c1-11(2)18(19-21(27)25-22(28)29-19)14-8-9-17(24-20(14)26)13-7-6-12-4-3-5-16(23)15(12)10-13/h3-11,18-19H,1-2H3,(H,24,26)(H,25,27,28). The minimum atomic E-state index is -0.635. The fraction of sp³-hybridized carbons (Fsp3) is 0.227. The van der Waals surface area contributed by atoms with Crippen LogP contribution in [0.2, 0.25) is 0 Å². The molecule has 7 heteroatoms. The van der Waals surface area contributed by atoms with Crippen LogP contribution in [0.3, 0.4) is 0 Å². The molecule has 1 aromatic heterocycles. The Bertz CT molecular complexity index is 1190. The lowest BCUT2D eigenvalue weighted by molar-refractivity contribution is -0.119. The number of aromatic amines is 1. The van der Waals surface area contributed by atoms with E-state index in [1.54, 1.807) is 24.3 Å². The SMILES string of the molecule is CC(C)C(c1ccc(-c2ccc3cccc(F)c3c2)[nH]c1=O)C1SC(=O)NC1=O. The van der Waals surface area contributed by atoms with Gasteiger partial charge in [-0.3, -0.25) is 19.7 Å². The number of pyridine rings is 1. The van der Waals surface area contributed by atoms with Gasteiger partial charge in [0.1, 0.15) is 11.1 Å². The molecule has 0 spiro atoms. The zero-order valence-electron chi connectivity index (χ0n) is 15.9. The van der Waals surface area contributed by atoms with E-state index in [9.17, 15) is 18.8 Å². The Morgan fingerprint density at radius 2 is 1.83 bits per heavy atom. The second-order valence-corrected chi connectivity index (χ2v) is 8.53. The fourth-order valence-electron chi connectivity index (χ4n) is 3.80. The first kappa shape index (κ1) is 19.4. The molecule has 1 saturated heterocycles. The number of imide groups is 1. The quantitative estimate of drug-likeness (QED) is 0.667. The third-order valence-corrected chi connectivity index (χ3v) is 6.28. The topological polar surface area (TPSA) is 79.0 Å². The number of halogens is 1. The highest BCUT2D eigenvalue weighted by Gasteiger charge is 2.41. The van der Waals surface area contributed by atoms with E-state index in [4.69, 9.17) is 0 Å². The van der Waals surface area contributed by atoms with Crippen molar-refractivity contribution < 1.29 is 14.0 Å². The minimum absolute atomic E-state index is 0.0223. The first-order chi connectivity index (χ1) is 13.8. The number of H-pyrrole nitrogens is 1. The van der Waals surface area contributed by atoms with Gasteiger partial charge in [0.25, 0.3) is 10.8 Å². The molecule has 2 atom stereocenters. The molecule has 148 valence electrons. The predicted molar refractivity (Wildman–Crippen MR) is 112 cm³/mol. The van der Waals surface area contributed by atoms with Crippen LogP contribution in [0.5, 0.6) is 0 Å². The zero-order valence-corrected chi connectivity index (χ0v) is 16.7. The average molecular weight is 410 g/mol. The van der Waals surface area contributed by atoms with Crippen molar-refractivity contribution in [2.45, 2.75) is 25.0 Å². The highest BCUT2D eigenvalue weighted by atomic mass is 32.2. The summed E-state index contributed by atoms with van der Waals surface area (Å²) < 4.78 is 14.1. The number of carbonyl (C=O) groups excluding carboxylic acids is 2. The van der Waals surface area contributed by atoms with Crippen molar-refractivity contribution in [3.63, 3.8) is 0 Å². The Kier molecular flexibility index (Phi) is 5.00. The number of benzene rings is 2. The van der Waals surface area contributed by atoms with Crippen LogP contribution in [0.25, 0.3) is 22.0 Å². The summed E-state index contributed by atoms with van der Waals surface area (Å²) in [4.78, 5) is 39.5. The highest BCUT2D eigenvalue weighted by Crippen LogP contribution is 2.37.